The van der Waals surface area contributed by atoms with Crippen LogP contribution in [0.1, 0.15) is 37.2 Å². The third-order valence-electron chi connectivity index (χ3n) is 13.2. The fourth-order valence-electron chi connectivity index (χ4n) is 9.31. The number of piperazine rings is 1. The van der Waals surface area contributed by atoms with E-state index in [1.807, 2.05) is 42.2 Å². The average molecular weight is 1040 g/mol. The summed E-state index contributed by atoms with van der Waals surface area (Å²) in [7, 11) is 2.14. The highest BCUT2D eigenvalue weighted by atomic mass is 16.6. The molecule has 0 saturated carbocycles. The van der Waals surface area contributed by atoms with Gasteiger partial charge in [0.15, 0.2) is 5.69 Å². The number of anilines is 1. The van der Waals surface area contributed by atoms with Gasteiger partial charge in [-0.05, 0) is 51.1 Å². The molecule has 5 N–H and O–H groups in total. The summed E-state index contributed by atoms with van der Waals surface area (Å²) in [5, 5.41) is 34.4. The molecule has 4 heterocycles. The predicted molar refractivity (Wildman–Crippen MR) is 277 cm³/mol. The molecule has 23 nitrogen and oxygen atoms in total. The Hall–Kier alpha value is -5.08. The standard InChI is InChI=1S/C51H82N10O13/c1-4-41-35-55(3)15-24-61(41)44-11-10-43(42-8-6-7-9-45(42)74-5-2)54-50(44)51(69)53-40-12-14-56(34-40)25-27-71-29-31-73-33-32-72-30-28-70-26-13-52-46(62)36-57-16-18-58(37-47(63)64)20-22-60(39-49(67)68)23-21-59(19-17-57)38-48(65)66/h6-11,40-41H,4-5,12-39H2,1-3H3,(H,52,62)(H,53,69)(H,63,64)(H,65,66)(H,67,68). The van der Waals surface area contributed by atoms with Crippen LogP contribution >= 0.6 is 0 Å². The number of aromatic nitrogens is 1. The zero-order chi connectivity index (χ0) is 53.1. The van der Waals surface area contributed by atoms with Gasteiger partial charge in [-0.2, -0.15) is 0 Å². The van der Waals surface area contributed by atoms with Gasteiger partial charge in [-0.15, -0.1) is 0 Å². The van der Waals surface area contributed by atoms with Crippen LogP contribution in [0.4, 0.5) is 5.69 Å². The number of carboxylic acids is 3. The van der Waals surface area contributed by atoms with Crippen LogP contribution in [0.25, 0.3) is 11.3 Å². The number of pyridine rings is 1. The van der Waals surface area contributed by atoms with E-state index in [1.165, 1.54) is 0 Å². The molecule has 0 bridgehead atoms. The Kier molecular flexibility index (Phi) is 26.7. The Labute approximate surface area is 435 Å². The van der Waals surface area contributed by atoms with Crippen LogP contribution in [0.15, 0.2) is 36.4 Å². The lowest BCUT2D eigenvalue weighted by Gasteiger charge is -2.41. The molecule has 3 fully saturated rings. The molecular formula is C51H82N10O13. The van der Waals surface area contributed by atoms with E-state index in [-0.39, 0.29) is 63.2 Å². The van der Waals surface area contributed by atoms with Gasteiger partial charge >= 0.3 is 17.9 Å². The minimum Gasteiger partial charge on any atom is -0.493 e. The first-order chi connectivity index (χ1) is 35.8. The number of carboxylic acid groups (broad SMARTS) is 3. The number of amides is 2. The minimum absolute atomic E-state index is 0.00898. The second kappa shape index (κ2) is 33.1. The number of hydrogen-bond acceptors (Lipinski definition) is 18. The predicted octanol–water partition coefficient (Wildman–Crippen LogP) is 0.140. The molecule has 3 saturated heterocycles. The van der Waals surface area contributed by atoms with Crippen molar-refractivity contribution >= 4 is 35.4 Å². The maximum atomic E-state index is 14.1. The van der Waals surface area contributed by atoms with Crippen molar-refractivity contribution < 1.29 is 63.0 Å². The largest absolute Gasteiger partial charge is 0.493 e. The smallest absolute Gasteiger partial charge is 0.317 e. The number of rotatable bonds is 30. The van der Waals surface area contributed by atoms with Gasteiger partial charge in [0.1, 0.15) is 5.75 Å². The fraction of sp³-hybridized carbons (Fsp3) is 0.686. The number of ether oxygens (including phenoxy) is 5. The number of nitrogens with one attached hydrogen (secondary N) is 2. The highest BCUT2D eigenvalue weighted by Crippen LogP contribution is 2.33. The number of likely N-dealkylation sites (N-methyl/N-ethyl adjacent to an activating group) is 1. The van der Waals surface area contributed by atoms with E-state index in [2.05, 4.69) is 45.4 Å². The van der Waals surface area contributed by atoms with Crippen molar-refractivity contribution in [2.24, 2.45) is 0 Å². The minimum atomic E-state index is -1.02. The van der Waals surface area contributed by atoms with Crippen LogP contribution in [0.2, 0.25) is 0 Å². The van der Waals surface area contributed by atoms with Crippen LogP contribution in [0, 0.1) is 0 Å². The van der Waals surface area contributed by atoms with E-state index in [1.54, 1.807) is 14.7 Å². The lowest BCUT2D eigenvalue weighted by Crippen LogP contribution is -2.52. The molecule has 0 spiro atoms. The van der Waals surface area contributed by atoms with Gasteiger partial charge in [-0.3, -0.25) is 48.5 Å². The van der Waals surface area contributed by atoms with Crippen molar-refractivity contribution in [3.8, 4) is 17.0 Å². The number of hydrogen-bond donors (Lipinski definition) is 5. The van der Waals surface area contributed by atoms with Gasteiger partial charge in [-0.25, -0.2) is 4.98 Å². The van der Waals surface area contributed by atoms with Gasteiger partial charge < -0.3 is 59.4 Å². The summed E-state index contributed by atoms with van der Waals surface area (Å²) < 4.78 is 28.7. The molecule has 2 amide bonds. The van der Waals surface area contributed by atoms with Gasteiger partial charge in [0.2, 0.25) is 5.91 Å². The van der Waals surface area contributed by atoms with E-state index < -0.39 is 17.9 Å². The second-order valence-corrected chi connectivity index (χ2v) is 18.9. The van der Waals surface area contributed by atoms with Crippen molar-refractivity contribution in [2.75, 3.05) is 196 Å². The molecule has 2 aromatic rings. The zero-order valence-electron chi connectivity index (χ0n) is 43.8. The fourth-order valence-corrected chi connectivity index (χ4v) is 9.31. The molecular weight excluding hydrogens is 961 g/mol. The molecule has 2 atom stereocenters. The molecule has 414 valence electrons. The summed E-state index contributed by atoms with van der Waals surface area (Å²) >= 11 is 0. The quantitative estimate of drug-likeness (QED) is 0.0653. The first-order valence-corrected chi connectivity index (χ1v) is 26.2. The molecule has 3 aliphatic rings. The van der Waals surface area contributed by atoms with E-state index in [0.717, 1.165) is 69.1 Å². The third kappa shape index (κ3) is 21.6. The molecule has 2 unspecified atom stereocenters. The first kappa shape index (κ1) is 59.8. The van der Waals surface area contributed by atoms with Crippen molar-refractivity contribution in [1.29, 1.82) is 0 Å². The Morgan fingerprint density at radius 3 is 1.72 bits per heavy atom. The summed E-state index contributed by atoms with van der Waals surface area (Å²) in [6.45, 7) is 15.0. The highest BCUT2D eigenvalue weighted by Gasteiger charge is 2.31. The Bertz CT molecular complexity index is 2010. The van der Waals surface area contributed by atoms with Crippen LogP contribution in [0.3, 0.4) is 0 Å². The molecule has 23 heteroatoms. The summed E-state index contributed by atoms with van der Waals surface area (Å²) in [6, 6.07) is 12.1. The topological polar surface area (TPSA) is 252 Å². The lowest BCUT2D eigenvalue weighted by molar-refractivity contribution is -0.140. The summed E-state index contributed by atoms with van der Waals surface area (Å²) in [5.74, 6) is -2.72. The number of para-hydroxylation sites is 1. The van der Waals surface area contributed by atoms with Gasteiger partial charge in [-0.1, -0.05) is 19.1 Å². The van der Waals surface area contributed by atoms with E-state index >= 15 is 0 Å². The number of carbonyl (C=O) groups excluding carboxylic acids is 2. The molecule has 1 aromatic heterocycles. The summed E-state index contributed by atoms with van der Waals surface area (Å²) in [4.78, 5) is 80.5. The highest BCUT2D eigenvalue weighted by molar-refractivity contribution is 5.99. The first-order valence-electron chi connectivity index (χ1n) is 26.2. The van der Waals surface area contributed by atoms with Crippen LogP contribution in [-0.4, -0.2) is 282 Å². The number of benzene rings is 1. The van der Waals surface area contributed by atoms with E-state index in [4.69, 9.17) is 28.7 Å². The average Bonchev–Trinajstić information content (AvgIpc) is 3.82. The van der Waals surface area contributed by atoms with Crippen LogP contribution in [0.5, 0.6) is 5.75 Å². The lowest BCUT2D eigenvalue weighted by atomic mass is 10.0. The van der Waals surface area contributed by atoms with Gasteiger partial charge in [0.25, 0.3) is 5.91 Å². The SMILES string of the molecule is CCOc1ccccc1-c1ccc(N2CCN(C)CC2CC)c(C(=O)NC2CCN(CCOCCOCCOCCOCCNC(=O)CN3CCN(CC(=O)O)CCN(CC(=O)O)CCN(CC(=O)O)CC3)C2)n1. The maximum Gasteiger partial charge on any atom is 0.317 e. The maximum absolute atomic E-state index is 14.1. The summed E-state index contributed by atoms with van der Waals surface area (Å²) in [6.07, 6.45) is 1.80. The third-order valence-corrected chi connectivity index (χ3v) is 13.2. The molecule has 0 radical (unpaired) electrons. The van der Waals surface area contributed by atoms with Gasteiger partial charge in [0, 0.05) is 116 Å². The van der Waals surface area contributed by atoms with Gasteiger partial charge in [0.05, 0.1) is 97.0 Å². The van der Waals surface area contributed by atoms with Crippen LogP contribution < -0.4 is 20.3 Å². The number of aliphatic carboxylic acids is 3. The molecule has 74 heavy (non-hydrogen) atoms. The Morgan fingerprint density at radius 2 is 1.16 bits per heavy atom. The van der Waals surface area contributed by atoms with Crippen molar-refractivity contribution in [3.05, 3.63) is 42.1 Å². The van der Waals surface area contributed by atoms with Crippen molar-refractivity contribution in [1.82, 2.24) is 45.0 Å². The monoisotopic (exact) mass is 1040 g/mol. The zero-order valence-corrected chi connectivity index (χ0v) is 43.8. The van der Waals surface area contributed by atoms with E-state index in [0.29, 0.717) is 117 Å². The number of likely N-dealkylation sites (tertiary alicyclic amines) is 1. The normalized spacial score (nSPS) is 19.4. The Morgan fingerprint density at radius 1 is 0.622 bits per heavy atom. The summed E-state index contributed by atoms with van der Waals surface area (Å²) in [5.41, 5.74) is 2.86. The molecule has 3 aliphatic heterocycles. The number of nitrogens with zero attached hydrogens (tertiary/aromatic N) is 8. The van der Waals surface area contributed by atoms with Crippen LogP contribution in [-0.2, 0) is 38.1 Å². The van der Waals surface area contributed by atoms with E-state index in [9.17, 15) is 39.3 Å². The van der Waals surface area contributed by atoms with Crippen molar-refractivity contribution in [3.63, 3.8) is 0 Å². The Balaban J connectivity index is 0.920. The second-order valence-electron chi connectivity index (χ2n) is 18.9. The molecule has 1 aromatic carbocycles. The molecule has 0 aliphatic carbocycles. The number of carbonyl (C=O) groups is 5. The van der Waals surface area contributed by atoms with Crippen molar-refractivity contribution in [2.45, 2.75) is 38.8 Å². The molecule has 5 rings (SSSR count).